The first-order valence-corrected chi connectivity index (χ1v) is 9.14. The van der Waals surface area contributed by atoms with Gasteiger partial charge < -0.3 is 15.7 Å². The molecule has 3 heterocycles. The van der Waals surface area contributed by atoms with Crippen molar-refractivity contribution in [1.29, 1.82) is 0 Å². The van der Waals surface area contributed by atoms with Gasteiger partial charge in [0.05, 0.1) is 11.1 Å². The summed E-state index contributed by atoms with van der Waals surface area (Å²) in [7, 11) is 0. The summed E-state index contributed by atoms with van der Waals surface area (Å²) in [6, 6.07) is 3.25. The molecule has 2 atom stereocenters. The van der Waals surface area contributed by atoms with Crippen molar-refractivity contribution < 1.29 is 23.1 Å². The number of hydrogen-bond donors (Lipinski definition) is 2. The molecule has 0 radical (unpaired) electrons. The minimum atomic E-state index is -1.57. The molecular formula is C20H17F3N4O3. The Labute approximate surface area is 168 Å². The fourth-order valence-corrected chi connectivity index (χ4v) is 3.80. The second-order valence-electron chi connectivity index (χ2n) is 7.30. The van der Waals surface area contributed by atoms with Gasteiger partial charge in [-0.1, -0.05) is 0 Å². The minimum Gasteiger partial charge on any atom is -0.477 e. The molecule has 0 aliphatic carbocycles. The van der Waals surface area contributed by atoms with E-state index < -0.39 is 34.4 Å². The van der Waals surface area contributed by atoms with Crippen LogP contribution in [0.2, 0.25) is 0 Å². The average molecular weight is 418 g/mol. The first-order valence-electron chi connectivity index (χ1n) is 9.14. The zero-order valence-electron chi connectivity index (χ0n) is 15.8. The van der Waals surface area contributed by atoms with E-state index in [-0.39, 0.29) is 34.6 Å². The standard InChI is InChI=1S/C20H17F3N4O3/c1-9-4-11(24)7-26(9)19-15(23)6-12-17(28)13(20(29)30)8-27(18(12)25-19)16-3-2-10(21)5-14(16)22/h2-3,5-6,8-9,11H,4,7,24H2,1H3,(H,29,30). The number of hydrogen-bond acceptors (Lipinski definition) is 5. The Bertz CT molecular complexity index is 1240. The Balaban J connectivity index is 2.06. The summed E-state index contributed by atoms with van der Waals surface area (Å²) in [5, 5.41) is 9.03. The van der Waals surface area contributed by atoms with Crippen molar-refractivity contribution in [2.75, 3.05) is 11.4 Å². The Kier molecular flexibility index (Phi) is 4.73. The zero-order valence-corrected chi connectivity index (χ0v) is 15.8. The van der Waals surface area contributed by atoms with Crippen LogP contribution in [0.5, 0.6) is 0 Å². The van der Waals surface area contributed by atoms with Gasteiger partial charge in [-0.15, -0.1) is 0 Å². The quantitative estimate of drug-likeness (QED) is 0.678. The maximum Gasteiger partial charge on any atom is 0.341 e. The van der Waals surface area contributed by atoms with Crippen molar-refractivity contribution >= 4 is 22.8 Å². The summed E-state index contributed by atoms with van der Waals surface area (Å²) in [6.45, 7) is 2.18. The van der Waals surface area contributed by atoms with E-state index in [9.17, 15) is 27.9 Å². The average Bonchev–Trinajstić information content (AvgIpc) is 3.00. The molecule has 3 N–H and O–H groups in total. The molecule has 30 heavy (non-hydrogen) atoms. The molecule has 2 unspecified atom stereocenters. The van der Waals surface area contributed by atoms with Crippen LogP contribution in [0.3, 0.4) is 0 Å². The van der Waals surface area contributed by atoms with Crippen LogP contribution in [-0.4, -0.2) is 39.3 Å². The first-order chi connectivity index (χ1) is 14.2. The smallest absolute Gasteiger partial charge is 0.341 e. The molecule has 0 amide bonds. The Morgan fingerprint density at radius 3 is 2.57 bits per heavy atom. The van der Waals surface area contributed by atoms with Crippen molar-refractivity contribution in [2.24, 2.45) is 5.73 Å². The molecule has 1 aliphatic rings. The van der Waals surface area contributed by atoms with Crippen LogP contribution in [0, 0.1) is 17.5 Å². The van der Waals surface area contributed by atoms with Crippen LogP contribution >= 0.6 is 0 Å². The van der Waals surface area contributed by atoms with Gasteiger partial charge in [-0.2, -0.15) is 0 Å². The molecule has 0 bridgehead atoms. The summed E-state index contributed by atoms with van der Waals surface area (Å²) < 4.78 is 43.7. The van der Waals surface area contributed by atoms with Crippen molar-refractivity contribution in [3.8, 4) is 5.69 Å². The van der Waals surface area contributed by atoms with Gasteiger partial charge >= 0.3 is 5.97 Å². The molecule has 1 fully saturated rings. The summed E-state index contributed by atoms with van der Waals surface area (Å²) in [5.74, 6) is -4.31. The van der Waals surface area contributed by atoms with Crippen LogP contribution in [0.1, 0.15) is 23.7 Å². The molecule has 1 aliphatic heterocycles. The lowest BCUT2D eigenvalue weighted by Gasteiger charge is -2.24. The van der Waals surface area contributed by atoms with Crippen LogP contribution in [0.4, 0.5) is 19.0 Å². The van der Waals surface area contributed by atoms with Crippen LogP contribution in [0.15, 0.2) is 35.3 Å². The number of rotatable bonds is 3. The number of aromatic carboxylic acids is 1. The van der Waals surface area contributed by atoms with Gasteiger partial charge in [0.1, 0.15) is 17.2 Å². The maximum atomic E-state index is 14.9. The van der Waals surface area contributed by atoms with E-state index in [4.69, 9.17) is 5.73 Å². The van der Waals surface area contributed by atoms with Crippen molar-refractivity contribution in [2.45, 2.75) is 25.4 Å². The lowest BCUT2D eigenvalue weighted by atomic mass is 10.1. The van der Waals surface area contributed by atoms with Gasteiger partial charge in [0, 0.05) is 30.9 Å². The molecule has 0 spiro atoms. The van der Waals surface area contributed by atoms with Crippen molar-refractivity contribution in [3.63, 3.8) is 0 Å². The number of fused-ring (bicyclic) bond motifs is 1. The summed E-state index contributed by atoms with van der Waals surface area (Å²) >= 11 is 0. The third-order valence-corrected chi connectivity index (χ3v) is 5.19. The fourth-order valence-electron chi connectivity index (χ4n) is 3.80. The predicted molar refractivity (Wildman–Crippen MR) is 104 cm³/mol. The fraction of sp³-hybridized carbons (Fsp3) is 0.250. The number of pyridine rings is 2. The number of halogens is 3. The molecule has 7 nitrogen and oxygen atoms in total. The Morgan fingerprint density at radius 2 is 1.97 bits per heavy atom. The van der Waals surface area contributed by atoms with Gasteiger partial charge in [-0.05, 0) is 31.5 Å². The largest absolute Gasteiger partial charge is 0.477 e. The first kappa shape index (κ1) is 19.9. The van der Waals surface area contributed by atoms with Gasteiger partial charge in [-0.25, -0.2) is 22.9 Å². The van der Waals surface area contributed by atoms with Crippen LogP contribution in [0.25, 0.3) is 16.7 Å². The highest BCUT2D eigenvalue weighted by atomic mass is 19.1. The number of anilines is 1. The number of carbonyl (C=O) groups is 1. The third kappa shape index (κ3) is 3.18. The number of aromatic nitrogens is 2. The van der Waals surface area contributed by atoms with E-state index in [1.54, 1.807) is 4.90 Å². The van der Waals surface area contributed by atoms with Gasteiger partial charge in [0.2, 0.25) is 5.43 Å². The van der Waals surface area contributed by atoms with E-state index in [0.717, 1.165) is 29.0 Å². The molecule has 2 aromatic heterocycles. The SMILES string of the molecule is CC1CC(N)CN1c1nc2c(cc1F)c(=O)c(C(=O)O)cn2-c1ccc(F)cc1F. The normalized spacial score (nSPS) is 18.9. The molecule has 10 heteroatoms. The number of nitrogens with two attached hydrogens (primary N) is 1. The highest BCUT2D eigenvalue weighted by Gasteiger charge is 2.30. The number of carboxylic acid groups (broad SMARTS) is 1. The Morgan fingerprint density at radius 1 is 1.23 bits per heavy atom. The monoisotopic (exact) mass is 418 g/mol. The van der Waals surface area contributed by atoms with Crippen molar-refractivity contribution in [3.05, 3.63) is 63.7 Å². The predicted octanol–water partition coefficient (Wildman–Crippen LogP) is 2.43. The van der Waals surface area contributed by atoms with Crippen molar-refractivity contribution in [1.82, 2.24) is 9.55 Å². The van der Waals surface area contributed by atoms with E-state index in [0.29, 0.717) is 19.0 Å². The molecule has 1 aromatic carbocycles. The van der Waals surface area contributed by atoms with Gasteiger partial charge in [-0.3, -0.25) is 9.36 Å². The summed E-state index contributed by atoms with van der Waals surface area (Å²) in [6.07, 6.45) is 1.51. The summed E-state index contributed by atoms with van der Waals surface area (Å²) in [4.78, 5) is 30.0. The van der Waals surface area contributed by atoms with E-state index >= 15 is 0 Å². The molecular weight excluding hydrogens is 401 g/mol. The van der Waals surface area contributed by atoms with E-state index in [1.807, 2.05) is 6.92 Å². The van der Waals surface area contributed by atoms with E-state index in [1.165, 1.54) is 0 Å². The van der Waals surface area contributed by atoms with Gasteiger partial charge in [0.25, 0.3) is 0 Å². The number of carboxylic acids is 1. The minimum absolute atomic E-state index is 0.0818. The number of nitrogens with zero attached hydrogens (tertiary/aromatic N) is 3. The molecule has 0 saturated carbocycles. The third-order valence-electron chi connectivity index (χ3n) is 5.19. The molecule has 156 valence electrons. The molecule has 4 rings (SSSR count). The zero-order chi connectivity index (χ0) is 21.7. The second-order valence-corrected chi connectivity index (χ2v) is 7.30. The van der Waals surface area contributed by atoms with Crippen LogP contribution in [-0.2, 0) is 0 Å². The summed E-state index contributed by atoms with van der Waals surface area (Å²) in [5.41, 5.74) is 3.91. The lowest BCUT2D eigenvalue weighted by Crippen LogP contribution is -2.31. The number of benzene rings is 1. The molecule has 1 saturated heterocycles. The van der Waals surface area contributed by atoms with E-state index in [2.05, 4.69) is 4.98 Å². The molecule has 3 aromatic rings. The highest BCUT2D eigenvalue weighted by molar-refractivity contribution is 5.92. The second kappa shape index (κ2) is 7.13. The highest BCUT2D eigenvalue weighted by Crippen LogP contribution is 2.29. The van der Waals surface area contributed by atoms with Gasteiger partial charge in [0.15, 0.2) is 17.3 Å². The maximum absolute atomic E-state index is 14.9. The van der Waals surface area contributed by atoms with Crippen LogP contribution < -0.4 is 16.1 Å². The lowest BCUT2D eigenvalue weighted by molar-refractivity contribution is 0.0695. The topological polar surface area (TPSA) is 101 Å². The Hall–Kier alpha value is -3.40.